The maximum atomic E-state index is 3.57. The van der Waals surface area contributed by atoms with Gasteiger partial charge in [0.2, 0.25) is 0 Å². The van der Waals surface area contributed by atoms with Crippen LogP contribution in [0.25, 0.3) is 5.57 Å². The van der Waals surface area contributed by atoms with Crippen molar-refractivity contribution < 1.29 is 0 Å². The summed E-state index contributed by atoms with van der Waals surface area (Å²) >= 11 is 3.57. The van der Waals surface area contributed by atoms with E-state index in [4.69, 9.17) is 0 Å². The van der Waals surface area contributed by atoms with Gasteiger partial charge >= 0.3 is 0 Å². The highest BCUT2D eigenvalue weighted by atomic mass is 79.9. The Balaban J connectivity index is 1.95. The minimum Gasteiger partial charge on any atom is -0.304 e. The minimum atomic E-state index is 1.10. The number of rotatable bonds is 5. The van der Waals surface area contributed by atoms with Gasteiger partial charge in [0.1, 0.15) is 0 Å². The number of halogens is 1. The Morgan fingerprint density at radius 2 is 2.00 bits per heavy atom. The molecule has 1 aliphatic rings. The van der Waals surface area contributed by atoms with Crippen LogP contribution < -0.4 is 0 Å². The van der Waals surface area contributed by atoms with E-state index in [9.17, 15) is 0 Å². The van der Waals surface area contributed by atoms with Crippen LogP contribution in [0.3, 0.4) is 0 Å². The average Bonchev–Trinajstić information content (AvgIpc) is 2.45. The second-order valence-corrected chi connectivity index (χ2v) is 6.46. The number of benzene rings is 1. The lowest BCUT2D eigenvalue weighted by atomic mass is 10.0. The standard InChI is InChI=1S/C17H25BrN2/c1-3-5-15(16-6-4-7-17(18)14-16)8-9-20-12-10-19(2)11-13-20/h4-7,14H,3,8-13H2,1-2H3/b15-5-. The molecule has 1 heterocycles. The van der Waals surface area contributed by atoms with Gasteiger partial charge in [-0.05, 0) is 43.2 Å². The molecule has 1 aliphatic heterocycles. The highest BCUT2D eigenvalue weighted by Gasteiger charge is 2.14. The normalized spacial score (nSPS) is 18.4. The van der Waals surface area contributed by atoms with Crippen molar-refractivity contribution in [1.82, 2.24) is 9.80 Å². The summed E-state index contributed by atoms with van der Waals surface area (Å²) in [6, 6.07) is 8.66. The van der Waals surface area contributed by atoms with Crippen LogP contribution in [0.2, 0.25) is 0 Å². The van der Waals surface area contributed by atoms with Crippen LogP contribution in [0.4, 0.5) is 0 Å². The van der Waals surface area contributed by atoms with Gasteiger partial charge in [-0.1, -0.05) is 41.1 Å². The van der Waals surface area contributed by atoms with Gasteiger partial charge in [-0.2, -0.15) is 0 Å². The summed E-state index contributed by atoms with van der Waals surface area (Å²) in [6.45, 7) is 8.19. The molecule has 0 radical (unpaired) electrons. The Morgan fingerprint density at radius 3 is 2.65 bits per heavy atom. The molecule has 0 N–H and O–H groups in total. The van der Waals surface area contributed by atoms with Crippen molar-refractivity contribution in [1.29, 1.82) is 0 Å². The molecule has 3 heteroatoms. The van der Waals surface area contributed by atoms with Crippen molar-refractivity contribution >= 4 is 21.5 Å². The zero-order chi connectivity index (χ0) is 14.4. The van der Waals surface area contributed by atoms with Gasteiger partial charge in [-0.3, -0.25) is 0 Å². The van der Waals surface area contributed by atoms with E-state index in [1.165, 1.54) is 43.9 Å². The van der Waals surface area contributed by atoms with Gasteiger partial charge in [0.05, 0.1) is 0 Å². The zero-order valence-electron chi connectivity index (χ0n) is 12.6. The molecule has 0 unspecified atom stereocenters. The Kier molecular flexibility index (Phi) is 6.27. The van der Waals surface area contributed by atoms with E-state index in [0.717, 1.165) is 17.3 Å². The fraction of sp³-hybridized carbons (Fsp3) is 0.529. The lowest BCUT2D eigenvalue weighted by molar-refractivity contribution is 0.157. The molecule has 0 bridgehead atoms. The monoisotopic (exact) mass is 336 g/mol. The van der Waals surface area contributed by atoms with Crippen molar-refractivity contribution in [3.05, 3.63) is 40.4 Å². The van der Waals surface area contributed by atoms with E-state index in [-0.39, 0.29) is 0 Å². The molecule has 1 fully saturated rings. The first-order chi connectivity index (χ1) is 9.69. The molecule has 0 spiro atoms. The summed E-state index contributed by atoms with van der Waals surface area (Å²) in [7, 11) is 2.21. The molecular formula is C17H25BrN2. The lowest BCUT2D eigenvalue weighted by Crippen LogP contribution is -2.44. The molecule has 20 heavy (non-hydrogen) atoms. The summed E-state index contributed by atoms with van der Waals surface area (Å²) < 4.78 is 1.16. The SMILES string of the molecule is CC/C=C(/CCN1CCN(C)CC1)c1cccc(Br)c1. The van der Waals surface area contributed by atoms with Crippen molar-refractivity contribution in [2.45, 2.75) is 19.8 Å². The second kappa shape index (κ2) is 7.96. The van der Waals surface area contributed by atoms with Gasteiger partial charge < -0.3 is 9.80 Å². The zero-order valence-corrected chi connectivity index (χ0v) is 14.2. The molecule has 1 aromatic rings. The average molecular weight is 337 g/mol. The molecule has 2 rings (SSSR count). The molecule has 0 saturated carbocycles. The van der Waals surface area contributed by atoms with Crippen molar-refractivity contribution in [2.75, 3.05) is 39.8 Å². The van der Waals surface area contributed by atoms with Gasteiger partial charge in [0.25, 0.3) is 0 Å². The van der Waals surface area contributed by atoms with Crippen molar-refractivity contribution in [3.63, 3.8) is 0 Å². The van der Waals surface area contributed by atoms with Crippen LogP contribution in [0.15, 0.2) is 34.8 Å². The van der Waals surface area contributed by atoms with E-state index >= 15 is 0 Å². The fourth-order valence-corrected chi connectivity index (χ4v) is 3.05. The van der Waals surface area contributed by atoms with Crippen LogP contribution >= 0.6 is 15.9 Å². The third kappa shape index (κ3) is 4.72. The number of hydrogen-bond donors (Lipinski definition) is 0. The summed E-state index contributed by atoms with van der Waals surface area (Å²) in [5.41, 5.74) is 2.84. The molecule has 0 aromatic heterocycles. The van der Waals surface area contributed by atoms with E-state index in [2.05, 4.69) is 70.0 Å². The quantitative estimate of drug-likeness (QED) is 0.805. The van der Waals surface area contributed by atoms with Crippen LogP contribution in [0.5, 0.6) is 0 Å². The van der Waals surface area contributed by atoms with E-state index in [1.54, 1.807) is 0 Å². The van der Waals surface area contributed by atoms with Crippen LogP contribution in [-0.4, -0.2) is 49.6 Å². The fourth-order valence-electron chi connectivity index (χ4n) is 2.65. The first-order valence-corrected chi connectivity index (χ1v) is 8.34. The Bertz CT molecular complexity index is 448. The van der Waals surface area contributed by atoms with E-state index < -0.39 is 0 Å². The van der Waals surface area contributed by atoms with Crippen molar-refractivity contribution in [2.24, 2.45) is 0 Å². The summed E-state index contributed by atoms with van der Waals surface area (Å²) in [4.78, 5) is 5.00. The van der Waals surface area contributed by atoms with Crippen LogP contribution in [0.1, 0.15) is 25.3 Å². The predicted octanol–water partition coefficient (Wildman–Crippen LogP) is 3.88. The van der Waals surface area contributed by atoms with Gasteiger partial charge in [-0.15, -0.1) is 0 Å². The van der Waals surface area contributed by atoms with Crippen molar-refractivity contribution in [3.8, 4) is 0 Å². The number of likely N-dealkylation sites (N-methyl/N-ethyl adjacent to an activating group) is 1. The minimum absolute atomic E-state index is 1.10. The number of allylic oxidation sites excluding steroid dienone is 1. The Labute approximate surface area is 131 Å². The summed E-state index contributed by atoms with van der Waals surface area (Å²) in [6.07, 6.45) is 4.62. The van der Waals surface area contributed by atoms with Crippen LogP contribution in [-0.2, 0) is 0 Å². The second-order valence-electron chi connectivity index (χ2n) is 5.54. The van der Waals surface area contributed by atoms with E-state index in [1.807, 2.05) is 0 Å². The third-order valence-corrected chi connectivity index (χ3v) is 4.43. The molecular weight excluding hydrogens is 312 g/mol. The maximum absolute atomic E-state index is 3.57. The molecule has 0 amide bonds. The smallest absolute Gasteiger partial charge is 0.0181 e. The number of hydrogen-bond acceptors (Lipinski definition) is 2. The summed E-state index contributed by atoms with van der Waals surface area (Å²) in [5.74, 6) is 0. The summed E-state index contributed by atoms with van der Waals surface area (Å²) in [5, 5.41) is 0. The van der Waals surface area contributed by atoms with Gasteiger partial charge in [0.15, 0.2) is 0 Å². The molecule has 2 nitrogen and oxygen atoms in total. The highest BCUT2D eigenvalue weighted by Crippen LogP contribution is 2.23. The molecule has 1 aromatic carbocycles. The predicted molar refractivity (Wildman–Crippen MR) is 91.0 cm³/mol. The Morgan fingerprint density at radius 1 is 1.25 bits per heavy atom. The highest BCUT2D eigenvalue weighted by molar-refractivity contribution is 9.10. The molecule has 0 atom stereocenters. The first-order valence-electron chi connectivity index (χ1n) is 7.55. The molecule has 0 aliphatic carbocycles. The maximum Gasteiger partial charge on any atom is 0.0181 e. The van der Waals surface area contributed by atoms with Gasteiger partial charge in [0, 0.05) is 37.2 Å². The topological polar surface area (TPSA) is 6.48 Å². The number of piperazine rings is 1. The largest absolute Gasteiger partial charge is 0.304 e. The molecule has 1 saturated heterocycles. The first kappa shape index (κ1) is 15.7. The van der Waals surface area contributed by atoms with Crippen LogP contribution in [0, 0.1) is 0 Å². The third-order valence-electron chi connectivity index (χ3n) is 3.94. The lowest BCUT2D eigenvalue weighted by Gasteiger charge is -2.32. The van der Waals surface area contributed by atoms with Gasteiger partial charge in [-0.25, -0.2) is 0 Å². The van der Waals surface area contributed by atoms with E-state index in [0.29, 0.717) is 0 Å². The molecule has 110 valence electrons. The Hall–Kier alpha value is -0.640. The number of nitrogens with zero attached hydrogens (tertiary/aromatic N) is 2.